The summed E-state index contributed by atoms with van der Waals surface area (Å²) in [6.45, 7) is 2.39. The molecule has 0 heterocycles. The Labute approximate surface area is 97.5 Å². The van der Waals surface area contributed by atoms with Gasteiger partial charge < -0.3 is 20.4 Å². The molecule has 2 unspecified atom stereocenters. The van der Waals surface area contributed by atoms with Gasteiger partial charge in [0.15, 0.2) is 0 Å². The molecule has 74 valence electrons. The number of aliphatic carboxylic acids is 2. The van der Waals surface area contributed by atoms with Gasteiger partial charge in [-0.05, 0) is 13.8 Å². The molecule has 0 saturated carbocycles. The van der Waals surface area contributed by atoms with Gasteiger partial charge in [0.25, 0.3) is 0 Å². The predicted molar refractivity (Wildman–Crippen MR) is 45.8 cm³/mol. The van der Waals surface area contributed by atoms with Crippen molar-refractivity contribution in [2.24, 2.45) is 0 Å². The van der Waals surface area contributed by atoms with Crippen LogP contribution in [-0.2, 0) is 9.59 Å². The van der Waals surface area contributed by atoms with Crippen LogP contribution in [0.25, 0.3) is 0 Å². The van der Waals surface area contributed by atoms with Crippen molar-refractivity contribution in [2.45, 2.75) is 26.1 Å². The molecule has 0 saturated heterocycles. The molecule has 0 aliphatic carbocycles. The van der Waals surface area contributed by atoms with E-state index >= 15 is 0 Å². The molecule has 0 aromatic carbocycles. The summed E-state index contributed by atoms with van der Waals surface area (Å²) in [6, 6.07) is 0. The zero-order chi connectivity index (χ0) is 10.3. The van der Waals surface area contributed by atoms with Crippen LogP contribution < -0.4 is 0 Å². The van der Waals surface area contributed by atoms with Gasteiger partial charge >= 0.3 is 41.5 Å². The number of carbonyl (C=O) groups is 2. The molecule has 13 heavy (non-hydrogen) atoms. The third-order valence-electron chi connectivity index (χ3n) is 0.715. The van der Waals surface area contributed by atoms with Crippen LogP contribution in [0.2, 0.25) is 0 Å². The number of aliphatic hydroxyl groups is 2. The summed E-state index contributed by atoms with van der Waals surface area (Å²) in [6.07, 6.45) is -2.46. The van der Waals surface area contributed by atoms with Gasteiger partial charge in [0.05, 0.1) is 0 Å². The molecule has 6 nitrogen and oxygen atoms in total. The molecule has 0 aromatic rings. The van der Waals surface area contributed by atoms with Crippen molar-refractivity contribution in [3.63, 3.8) is 0 Å². The number of aliphatic hydroxyl groups excluding tert-OH is 2. The maximum atomic E-state index is 9.45. The second-order valence-corrected chi connectivity index (χ2v) is 2.03. The van der Waals surface area contributed by atoms with Crippen LogP contribution in [0.15, 0.2) is 0 Å². The Hall–Kier alpha value is -0.140. The molecule has 0 aromatic heterocycles. The number of hydrogen-bond donors (Lipinski definition) is 4. The number of rotatable bonds is 2. The average Bonchev–Trinajstić information content (AvgIpc) is 1.88. The van der Waals surface area contributed by atoms with Crippen LogP contribution in [-0.4, -0.2) is 74.1 Å². The van der Waals surface area contributed by atoms with Gasteiger partial charge in [-0.25, -0.2) is 9.59 Å². The molecular weight excluding hydrogens is 191 g/mol. The van der Waals surface area contributed by atoms with Gasteiger partial charge in [-0.1, -0.05) is 0 Å². The van der Waals surface area contributed by atoms with Gasteiger partial charge in [0.2, 0.25) is 0 Å². The SMILES string of the molecule is CC(O)C(=O)O.CC(O)C(=O)O.[NaH]. The van der Waals surface area contributed by atoms with Crippen molar-refractivity contribution >= 4 is 41.5 Å². The monoisotopic (exact) mass is 204 g/mol. The molecule has 0 fully saturated rings. The Morgan fingerprint density at radius 3 is 1.00 bits per heavy atom. The van der Waals surface area contributed by atoms with Crippen LogP contribution in [0.5, 0.6) is 0 Å². The van der Waals surface area contributed by atoms with E-state index in [1.54, 1.807) is 0 Å². The first-order chi connectivity index (χ1) is 5.29. The van der Waals surface area contributed by atoms with Crippen LogP contribution >= 0.6 is 0 Å². The third-order valence-corrected chi connectivity index (χ3v) is 0.715. The Morgan fingerprint density at radius 1 is 0.923 bits per heavy atom. The molecular formula is C6H13NaO6. The summed E-state index contributed by atoms with van der Waals surface area (Å²) in [5.41, 5.74) is 0. The fraction of sp³-hybridized carbons (Fsp3) is 0.667. The number of hydrogen-bond acceptors (Lipinski definition) is 4. The van der Waals surface area contributed by atoms with E-state index in [-0.39, 0.29) is 29.6 Å². The zero-order valence-electron chi connectivity index (χ0n) is 6.76. The van der Waals surface area contributed by atoms with Gasteiger partial charge in [0.1, 0.15) is 12.2 Å². The molecule has 0 aliphatic heterocycles. The van der Waals surface area contributed by atoms with Gasteiger partial charge in [-0.3, -0.25) is 0 Å². The van der Waals surface area contributed by atoms with Crippen molar-refractivity contribution in [3.05, 3.63) is 0 Å². The topological polar surface area (TPSA) is 115 Å². The Bertz CT molecular complexity index is 137. The molecule has 0 spiro atoms. The van der Waals surface area contributed by atoms with Crippen LogP contribution in [0, 0.1) is 0 Å². The van der Waals surface area contributed by atoms with E-state index in [9.17, 15) is 9.59 Å². The van der Waals surface area contributed by atoms with Crippen molar-refractivity contribution in [1.29, 1.82) is 0 Å². The minimum atomic E-state index is -1.23. The van der Waals surface area contributed by atoms with Gasteiger partial charge in [-0.2, -0.15) is 0 Å². The second-order valence-electron chi connectivity index (χ2n) is 2.03. The normalized spacial score (nSPS) is 12.6. The van der Waals surface area contributed by atoms with Crippen molar-refractivity contribution in [3.8, 4) is 0 Å². The van der Waals surface area contributed by atoms with E-state index in [0.717, 1.165) is 0 Å². The maximum absolute atomic E-state index is 9.45. The number of carboxylic acids is 2. The molecule has 2 atom stereocenters. The standard InChI is InChI=1S/2C3H6O3.Na.H/c2*1-2(4)3(5)6;;/h2*2,4H,1H3,(H,5,6);;. The van der Waals surface area contributed by atoms with Crippen molar-refractivity contribution in [2.75, 3.05) is 0 Å². The molecule has 0 aliphatic rings. The van der Waals surface area contributed by atoms with Gasteiger partial charge in [0, 0.05) is 0 Å². The van der Waals surface area contributed by atoms with E-state index in [2.05, 4.69) is 0 Å². The summed E-state index contributed by atoms with van der Waals surface area (Å²) < 4.78 is 0. The number of carboxylic acid groups (broad SMARTS) is 2. The second kappa shape index (κ2) is 9.94. The van der Waals surface area contributed by atoms with Crippen molar-refractivity contribution < 1.29 is 30.0 Å². The van der Waals surface area contributed by atoms with E-state index in [0.29, 0.717) is 0 Å². The van der Waals surface area contributed by atoms with Crippen LogP contribution in [0.3, 0.4) is 0 Å². The summed E-state index contributed by atoms with van der Waals surface area (Å²) in [7, 11) is 0. The average molecular weight is 204 g/mol. The first-order valence-electron chi connectivity index (χ1n) is 3.10. The Kier molecular flexibility index (Phi) is 14.2. The van der Waals surface area contributed by atoms with E-state index in [1.807, 2.05) is 0 Å². The summed E-state index contributed by atoms with van der Waals surface area (Å²) in [5.74, 6) is -2.37. The van der Waals surface area contributed by atoms with Crippen LogP contribution in [0.4, 0.5) is 0 Å². The van der Waals surface area contributed by atoms with Gasteiger partial charge in [-0.15, -0.1) is 0 Å². The van der Waals surface area contributed by atoms with Crippen LogP contribution in [0.1, 0.15) is 13.8 Å². The zero-order valence-corrected chi connectivity index (χ0v) is 6.76. The molecule has 4 N–H and O–H groups in total. The summed E-state index contributed by atoms with van der Waals surface area (Å²) in [5, 5.41) is 31.5. The fourth-order valence-corrected chi connectivity index (χ4v) is 0. The minimum absolute atomic E-state index is 0. The summed E-state index contributed by atoms with van der Waals surface area (Å²) >= 11 is 0. The van der Waals surface area contributed by atoms with E-state index in [1.165, 1.54) is 13.8 Å². The fourth-order valence-electron chi connectivity index (χ4n) is 0. The quantitative estimate of drug-likeness (QED) is 0.397. The first-order valence-corrected chi connectivity index (χ1v) is 3.10. The first kappa shape index (κ1) is 18.6. The third kappa shape index (κ3) is 18.7. The molecule has 0 rings (SSSR count). The molecule has 7 heteroatoms. The molecule has 0 radical (unpaired) electrons. The van der Waals surface area contributed by atoms with Crippen molar-refractivity contribution in [1.82, 2.24) is 0 Å². The molecule has 0 amide bonds. The Morgan fingerprint density at radius 2 is 1.00 bits per heavy atom. The van der Waals surface area contributed by atoms with E-state index in [4.69, 9.17) is 20.4 Å². The Balaban J connectivity index is -0.000000143. The predicted octanol–water partition coefficient (Wildman–Crippen LogP) is -1.74. The molecule has 0 bridgehead atoms. The van der Waals surface area contributed by atoms with E-state index < -0.39 is 24.1 Å². The summed E-state index contributed by atoms with van der Waals surface area (Å²) in [4.78, 5) is 18.9.